The summed E-state index contributed by atoms with van der Waals surface area (Å²) in [4.78, 5) is 0. The van der Waals surface area contributed by atoms with Crippen LogP contribution in [0.5, 0.6) is 0 Å². The molecule has 0 spiro atoms. The van der Waals surface area contributed by atoms with E-state index >= 15 is 0 Å². The summed E-state index contributed by atoms with van der Waals surface area (Å²) < 4.78 is 135. The molecule has 11 heteroatoms. The van der Waals surface area contributed by atoms with E-state index in [1.165, 1.54) is 20.8 Å². The molecule has 1 saturated carbocycles. The number of alkyl halides is 10. The van der Waals surface area contributed by atoms with Crippen molar-refractivity contribution in [3.05, 3.63) is 11.3 Å². The fraction of sp³-hybridized carbons (Fsp3) is 0.857. The molecule has 0 saturated heterocycles. The average molecular weight is 388 g/mol. The van der Waals surface area contributed by atoms with Crippen molar-refractivity contribution in [3.63, 3.8) is 0 Å². The van der Waals surface area contributed by atoms with Gasteiger partial charge in [0, 0.05) is 0 Å². The lowest BCUT2D eigenvalue weighted by Gasteiger charge is -2.57. The quantitative estimate of drug-likeness (QED) is 0.463. The number of halogens is 10. The normalized spacial score (nSPS) is 29.2. The summed E-state index contributed by atoms with van der Waals surface area (Å²) in [5, 5.41) is 0. The topological polar surface area (TPSA) is 0 Å². The van der Waals surface area contributed by atoms with Gasteiger partial charge in [0.15, 0.2) is 5.70 Å². The molecule has 1 fully saturated rings. The van der Waals surface area contributed by atoms with Gasteiger partial charge in [-0.2, -0.15) is 43.9 Å². The molecule has 1 nitrogen and oxygen atoms in total. The monoisotopic (exact) mass is 388 g/mol. The number of allylic oxidation sites excluding steroid dienone is 2. The van der Waals surface area contributed by atoms with Gasteiger partial charge in [-0.15, -0.1) is 0 Å². The number of nitrogens with zero attached hydrogens (tertiary/aromatic N) is 1. The van der Waals surface area contributed by atoms with Crippen molar-refractivity contribution in [2.75, 3.05) is 19.6 Å². The number of rotatable bonds is 5. The standard InChI is InChI=1S/C14H16F10N/c1-4-25(5-2,6-3)9-7(10(15,16)13(9,21)22)8-11(17,18)14(23,24)12(8,19)20/h8H,4-6H2,1-3H3/q+1. The predicted octanol–water partition coefficient (Wildman–Crippen LogP) is 4.94. The molecular formula is C14H16F10N+. The Bertz CT molecular complexity index is 576. The Morgan fingerprint density at radius 2 is 1.04 bits per heavy atom. The third-order valence-corrected chi connectivity index (χ3v) is 5.43. The highest BCUT2D eigenvalue weighted by atomic mass is 19.4. The molecule has 2 aliphatic rings. The van der Waals surface area contributed by atoms with E-state index in [-0.39, 0.29) is 19.6 Å². The summed E-state index contributed by atoms with van der Waals surface area (Å²) in [6.07, 6.45) is 0. The van der Waals surface area contributed by atoms with Gasteiger partial charge in [0.1, 0.15) is 5.92 Å². The van der Waals surface area contributed by atoms with Gasteiger partial charge in [-0.25, -0.2) is 0 Å². The molecule has 0 aromatic carbocycles. The van der Waals surface area contributed by atoms with E-state index in [0.29, 0.717) is 0 Å². The maximum Gasteiger partial charge on any atom is 0.386 e. The molecule has 0 atom stereocenters. The summed E-state index contributed by atoms with van der Waals surface area (Å²) in [6, 6.07) is 0. The molecule has 2 rings (SSSR count). The van der Waals surface area contributed by atoms with E-state index in [1.54, 1.807) is 0 Å². The third-order valence-electron chi connectivity index (χ3n) is 5.43. The van der Waals surface area contributed by atoms with E-state index in [1.807, 2.05) is 0 Å². The van der Waals surface area contributed by atoms with Crippen molar-refractivity contribution in [2.24, 2.45) is 5.92 Å². The van der Waals surface area contributed by atoms with Crippen molar-refractivity contribution >= 4 is 0 Å². The highest BCUT2D eigenvalue weighted by Gasteiger charge is 2.96. The zero-order chi connectivity index (χ0) is 19.9. The smallest absolute Gasteiger partial charge is 0.290 e. The van der Waals surface area contributed by atoms with Crippen LogP contribution in [0.1, 0.15) is 20.8 Å². The Morgan fingerprint density at radius 3 is 1.36 bits per heavy atom. The predicted molar refractivity (Wildman–Crippen MR) is 67.1 cm³/mol. The second-order valence-corrected chi connectivity index (χ2v) is 6.26. The van der Waals surface area contributed by atoms with Crippen LogP contribution >= 0.6 is 0 Å². The lowest BCUT2D eigenvalue weighted by molar-refractivity contribution is -0.898. The molecule has 0 aromatic heterocycles. The zero-order valence-corrected chi connectivity index (χ0v) is 13.4. The fourth-order valence-corrected chi connectivity index (χ4v) is 3.69. The van der Waals surface area contributed by atoms with Crippen molar-refractivity contribution in [3.8, 4) is 0 Å². The van der Waals surface area contributed by atoms with Crippen LogP contribution in [0.25, 0.3) is 0 Å². The minimum atomic E-state index is -5.88. The van der Waals surface area contributed by atoms with Crippen molar-refractivity contribution in [1.82, 2.24) is 0 Å². The highest BCUT2D eigenvalue weighted by Crippen LogP contribution is 2.73. The van der Waals surface area contributed by atoms with Gasteiger partial charge in [-0.05, 0) is 20.8 Å². The molecule has 0 aliphatic heterocycles. The van der Waals surface area contributed by atoms with Crippen LogP contribution in [0.4, 0.5) is 43.9 Å². The molecular weight excluding hydrogens is 372 g/mol. The van der Waals surface area contributed by atoms with Gasteiger partial charge in [0.2, 0.25) is 0 Å². The summed E-state index contributed by atoms with van der Waals surface area (Å²) in [6.45, 7) is 3.02. The number of hydrogen-bond donors (Lipinski definition) is 0. The second kappa shape index (κ2) is 5.04. The molecule has 146 valence electrons. The first kappa shape index (κ1) is 20.3. The van der Waals surface area contributed by atoms with Crippen LogP contribution in [0.15, 0.2) is 11.3 Å². The first-order chi connectivity index (χ1) is 11.0. The van der Waals surface area contributed by atoms with Gasteiger partial charge in [-0.3, -0.25) is 4.48 Å². The lowest BCUT2D eigenvalue weighted by Crippen LogP contribution is -2.79. The summed E-state index contributed by atoms with van der Waals surface area (Å²) in [5.74, 6) is -31.3. The van der Waals surface area contributed by atoms with Crippen LogP contribution in [0, 0.1) is 5.92 Å². The van der Waals surface area contributed by atoms with Crippen molar-refractivity contribution in [2.45, 2.75) is 50.4 Å². The van der Waals surface area contributed by atoms with Crippen molar-refractivity contribution in [1.29, 1.82) is 0 Å². The molecule has 0 aromatic rings. The Morgan fingerprint density at radius 1 is 0.680 bits per heavy atom. The molecule has 0 N–H and O–H groups in total. The second-order valence-electron chi connectivity index (χ2n) is 6.26. The van der Waals surface area contributed by atoms with Crippen LogP contribution in [0.2, 0.25) is 0 Å². The first-order valence-electron chi connectivity index (χ1n) is 7.55. The third kappa shape index (κ3) is 1.90. The Balaban J connectivity index is 2.78. The van der Waals surface area contributed by atoms with E-state index in [2.05, 4.69) is 0 Å². The maximum absolute atomic E-state index is 14.0. The summed E-state index contributed by atoms with van der Waals surface area (Å²) >= 11 is 0. The van der Waals surface area contributed by atoms with Crippen LogP contribution in [-0.2, 0) is 0 Å². The van der Waals surface area contributed by atoms with Crippen molar-refractivity contribution < 1.29 is 48.4 Å². The molecule has 0 heterocycles. The van der Waals surface area contributed by atoms with E-state index in [0.717, 1.165) is 0 Å². The Labute approximate surface area is 136 Å². The van der Waals surface area contributed by atoms with Gasteiger partial charge < -0.3 is 0 Å². The molecule has 0 amide bonds. The zero-order valence-electron chi connectivity index (χ0n) is 13.4. The van der Waals surface area contributed by atoms with Gasteiger partial charge in [-0.1, -0.05) is 0 Å². The lowest BCUT2D eigenvalue weighted by atomic mass is 9.61. The van der Waals surface area contributed by atoms with Gasteiger partial charge in [0.05, 0.1) is 25.2 Å². The highest BCUT2D eigenvalue weighted by molar-refractivity contribution is 5.47. The molecule has 2 aliphatic carbocycles. The summed E-state index contributed by atoms with van der Waals surface area (Å²) in [5.41, 5.74) is -3.87. The largest absolute Gasteiger partial charge is 0.386 e. The Hall–Kier alpha value is -1.00. The molecule has 0 unspecified atom stereocenters. The van der Waals surface area contributed by atoms with E-state index < -0.39 is 51.3 Å². The number of hydrogen-bond acceptors (Lipinski definition) is 0. The fourth-order valence-electron chi connectivity index (χ4n) is 3.69. The minimum absolute atomic E-state index is 0.280. The summed E-state index contributed by atoms with van der Waals surface area (Å²) in [7, 11) is 0. The van der Waals surface area contributed by atoms with Crippen LogP contribution in [0.3, 0.4) is 0 Å². The minimum Gasteiger partial charge on any atom is -0.290 e. The number of quaternary nitrogens is 1. The SMILES string of the molecule is CC[N+](CC)(CC)C1=C(C2C(F)(F)C(F)(F)C2(F)F)C(F)(F)C1(F)F. The maximum atomic E-state index is 14.0. The average Bonchev–Trinajstić information content (AvgIpc) is 2.49. The molecule has 0 radical (unpaired) electrons. The Kier molecular flexibility index (Phi) is 4.09. The van der Waals surface area contributed by atoms with E-state index in [4.69, 9.17) is 0 Å². The van der Waals surface area contributed by atoms with Gasteiger partial charge in [0.25, 0.3) is 0 Å². The van der Waals surface area contributed by atoms with E-state index in [9.17, 15) is 43.9 Å². The van der Waals surface area contributed by atoms with Gasteiger partial charge >= 0.3 is 29.6 Å². The van der Waals surface area contributed by atoms with Crippen LogP contribution in [-0.4, -0.2) is 53.7 Å². The molecule has 25 heavy (non-hydrogen) atoms. The van der Waals surface area contributed by atoms with Crippen LogP contribution < -0.4 is 0 Å². The first-order valence-corrected chi connectivity index (χ1v) is 7.55. The molecule has 0 bridgehead atoms.